The third-order valence-electron chi connectivity index (χ3n) is 5.61. The molecule has 170 valence electrons. The number of amides is 3. The van der Waals surface area contributed by atoms with Crippen molar-refractivity contribution in [2.75, 3.05) is 10.2 Å². The van der Waals surface area contributed by atoms with Crippen molar-refractivity contribution >= 4 is 39.1 Å². The first-order valence-electron chi connectivity index (χ1n) is 10.3. The molecule has 0 saturated carbocycles. The molecule has 9 heteroatoms. The van der Waals surface area contributed by atoms with Crippen molar-refractivity contribution in [3.05, 3.63) is 54.6 Å². The van der Waals surface area contributed by atoms with Gasteiger partial charge in [0.2, 0.25) is 21.8 Å². The fourth-order valence-electron chi connectivity index (χ4n) is 3.75. The summed E-state index contributed by atoms with van der Waals surface area (Å²) in [5.41, 5.74) is -0.0564. The van der Waals surface area contributed by atoms with E-state index in [0.29, 0.717) is 17.8 Å². The molecular formula is C23H27N3O5S. The first-order chi connectivity index (χ1) is 15.0. The summed E-state index contributed by atoms with van der Waals surface area (Å²) in [7, 11) is -4.14. The number of hydrogen-bond donors (Lipinski definition) is 1. The lowest BCUT2D eigenvalue weighted by molar-refractivity contribution is -0.123. The van der Waals surface area contributed by atoms with Gasteiger partial charge in [0.05, 0.1) is 17.0 Å². The fourth-order valence-corrected chi connectivity index (χ4v) is 5.73. The van der Waals surface area contributed by atoms with Gasteiger partial charge >= 0.3 is 0 Å². The number of nitrogens with zero attached hydrogens (tertiary/aromatic N) is 2. The number of para-hydroxylation sites is 1. The molecule has 1 heterocycles. The lowest BCUT2D eigenvalue weighted by Crippen LogP contribution is -2.55. The Bertz CT molecular complexity index is 1130. The maximum atomic E-state index is 13.7. The van der Waals surface area contributed by atoms with Crippen LogP contribution in [0, 0.1) is 0 Å². The van der Waals surface area contributed by atoms with Crippen molar-refractivity contribution in [3.8, 4) is 0 Å². The van der Waals surface area contributed by atoms with E-state index in [1.165, 1.54) is 31.2 Å². The summed E-state index contributed by atoms with van der Waals surface area (Å²) >= 11 is 0. The van der Waals surface area contributed by atoms with Crippen LogP contribution in [0.4, 0.5) is 11.4 Å². The highest BCUT2D eigenvalue weighted by Gasteiger charge is 2.51. The number of anilines is 2. The predicted octanol–water partition coefficient (Wildman–Crippen LogP) is 3.16. The Hall–Kier alpha value is -3.04. The van der Waals surface area contributed by atoms with E-state index in [1.807, 2.05) is 6.92 Å². The van der Waals surface area contributed by atoms with Crippen LogP contribution in [-0.2, 0) is 24.4 Å². The van der Waals surface area contributed by atoms with Gasteiger partial charge in [0.25, 0.3) is 5.91 Å². The van der Waals surface area contributed by atoms with Crippen LogP contribution in [0.1, 0.15) is 40.5 Å². The SMILES string of the molecule is CCC(C)(C)N(C1CC(=O)N(c2ccccc2)C1=O)S(=O)(=O)c1ccc(NC(C)=O)cc1. The van der Waals surface area contributed by atoms with E-state index in [2.05, 4.69) is 5.32 Å². The van der Waals surface area contributed by atoms with Crippen LogP contribution >= 0.6 is 0 Å². The first kappa shape index (κ1) is 23.6. The third-order valence-corrected chi connectivity index (χ3v) is 7.75. The number of carbonyl (C=O) groups excluding carboxylic acids is 3. The monoisotopic (exact) mass is 457 g/mol. The van der Waals surface area contributed by atoms with Crippen LogP contribution in [0.25, 0.3) is 0 Å². The second kappa shape index (κ2) is 8.84. The maximum absolute atomic E-state index is 13.7. The average molecular weight is 458 g/mol. The number of benzene rings is 2. The lowest BCUT2D eigenvalue weighted by Gasteiger charge is -2.39. The largest absolute Gasteiger partial charge is 0.326 e. The minimum absolute atomic E-state index is 0.0217. The lowest BCUT2D eigenvalue weighted by atomic mass is 10.00. The molecule has 8 nitrogen and oxygen atoms in total. The Morgan fingerprint density at radius 1 is 1.09 bits per heavy atom. The van der Waals surface area contributed by atoms with Crippen LogP contribution in [0.15, 0.2) is 59.5 Å². The molecule has 1 aliphatic heterocycles. The van der Waals surface area contributed by atoms with Gasteiger partial charge in [-0.05, 0) is 56.7 Å². The molecule has 0 aliphatic carbocycles. The molecule has 2 aromatic rings. The van der Waals surface area contributed by atoms with E-state index in [9.17, 15) is 22.8 Å². The molecule has 1 N–H and O–H groups in total. The van der Waals surface area contributed by atoms with Gasteiger partial charge in [0.15, 0.2) is 0 Å². The molecule has 1 atom stereocenters. The molecule has 32 heavy (non-hydrogen) atoms. The standard InChI is InChI=1S/C23H27N3O5S/c1-5-23(3,4)26(32(30,31)19-13-11-17(12-14-19)24-16(2)27)20-15-21(28)25(22(20)29)18-9-7-6-8-10-18/h6-14,20H,5,15H2,1-4H3,(H,24,27). The zero-order valence-electron chi connectivity index (χ0n) is 18.5. The highest BCUT2D eigenvalue weighted by atomic mass is 32.2. The minimum Gasteiger partial charge on any atom is -0.326 e. The molecule has 1 fully saturated rings. The summed E-state index contributed by atoms with van der Waals surface area (Å²) < 4.78 is 28.6. The molecule has 1 saturated heterocycles. The van der Waals surface area contributed by atoms with Crippen molar-refractivity contribution in [1.82, 2.24) is 4.31 Å². The van der Waals surface area contributed by atoms with Gasteiger partial charge in [0.1, 0.15) is 6.04 Å². The Kier molecular flexibility index (Phi) is 6.52. The Labute approximate surface area is 188 Å². The number of carbonyl (C=O) groups is 3. The quantitative estimate of drug-likeness (QED) is 0.643. The van der Waals surface area contributed by atoms with E-state index in [4.69, 9.17) is 0 Å². The van der Waals surface area contributed by atoms with Crippen molar-refractivity contribution in [2.24, 2.45) is 0 Å². The molecule has 0 aromatic heterocycles. The van der Waals surface area contributed by atoms with Crippen molar-refractivity contribution in [2.45, 2.75) is 57.0 Å². The molecule has 1 unspecified atom stereocenters. The summed E-state index contributed by atoms with van der Waals surface area (Å²) in [6.45, 7) is 6.66. The summed E-state index contributed by atoms with van der Waals surface area (Å²) in [6.07, 6.45) is 0.194. The maximum Gasteiger partial charge on any atom is 0.252 e. The topological polar surface area (TPSA) is 104 Å². The van der Waals surface area contributed by atoms with Gasteiger partial charge in [-0.25, -0.2) is 13.3 Å². The zero-order chi connectivity index (χ0) is 23.7. The van der Waals surface area contributed by atoms with E-state index >= 15 is 0 Å². The van der Waals surface area contributed by atoms with Crippen LogP contribution in [-0.4, -0.2) is 42.0 Å². The van der Waals surface area contributed by atoms with Crippen LogP contribution < -0.4 is 10.2 Å². The van der Waals surface area contributed by atoms with E-state index in [-0.39, 0.29) is 17.2 Å². The average Bonchev–Trinajstić information content (AvgIpc) is 3.01. The zero-order valence-corrected chi connectivity index (χ0v) is 19.3. The second-order valence-corrected chi connectivity index (χ2v) is 10.1. The van der Waals surface area contributed by atoms with Crippen LogP contribution in [0.3, 0.4) is 0 Å². The van der Waals surface area contributed by atoms with Gasteiger partial charge in [-0.1, -0.05) is 25.1 Å². The molecule has 2 aromatic carbocycles. The smallest absolute Gasteiger partial charge is 0.252 e. The highest BCUT2D eigenvalue weighted by Crippen LogP contribution is 2.35. The molecule has 3 rings (SSSR count). The van der Waals surface area contributed by atoms with Gasteiger partial charge in [-0.15, -0.1) is 0 Å². The van der Waals surface area contributed by atoms with Crippen molar-refractivity contribution in [3.63, 3.8) is 0 Å². The summed E-state index contributed by atoms with van der Waals surface area (Å²) in [4.78, 5) is 38.4. The number of hydrogen-bond acceptors (Lipinski definition) is 5. The number of imide groups is 1. The molecule has 0 bridgehead atoms. The number of sulfonamides is 1. The molecular weight excluding hydrogens is 430 g/mol. The Morgan fingerprint density at radius 3 is 2.22 bits per heavy atom. The summed E-state index contributed by atoms with van der Waals surface area (Å²) in [6, 6.07) is 13.1. The Morgan fingerprint density at radius 2 is 1.69 bits per heavy atom. The van der Waals surface area contributed by atoms with Gasteiger partial charge in [-0.2, -0.15) is 4.31 Å². The third kappa shape index (κ3) is 4.44. The predicted molar refractivity (Wildman–Crippen MR) is 121 cm³/mol. The number of nitrogens with one attached hydrogen (secondary N) is 1. The Balaban J connectivity index is 2.03. The van der Waals surface area contributed by atoms with Gasteiger partial charge < -0.3 is 5.32 Å². The fraction of sp³-hybridized carbons (Fsp3) is 0.348. The minimum atomic E-state index is -4.14. The van der Waals surface area contributed by atoms with Crippen molar-refractivity contribution < 1.29 is 22.8 Å². The van der Waals surface area contributed by atoms with Gasteiger partial charge in [0, 0.05) is 18.2 Å². The van der Waals surface area contributed by atoms with E-state index in [1.54, 1.807) is 44.2 Å². The van der Waals surface area contributed by atoms with E-state index < -0.39 is 33.4 Å². The highest BCUT2D eigenvalue weighted by molar-refractivity contribution is 7.89. The molecule has 3 amide bonds. The number of rotatable bonds is 7. The molecule has 0 spiro atoms. The molecule has 1 aliphatic rings. The molecule has 0 radical (unpaired) electrons. The van der Waals surface area contributed by atoms with Crippen molar-refractivity contribution in [1.29, 1.82) is 0 Å². The normalized spacial score (nSPS) is 17.2. The van der Waals surface area contributed by atoms with Crippen LogP contribution in [0.5, 0.6) is 0 Å². The first-order valence-corrected chi connectivity index (χ1v) is 11.8. The van der Waals surface area contributed by atoms with E-state index in [0.717, 1.165) is 9.21 Å². The van der Waals surface area contributed by atoms with Crippen LogP contribution in [0.2, 0.25) is 0 Å². The summed E-state index contributed by atoms with van der Waals surface area (Å²) in [5, 5.41) is 2.59. The second-order valence-electron chi connectivity index (χ2n) is 8.30. The summed E-state index contributed by atoms with van der Waals surface area (Å²) in [5.74, 6) is -1.29. The van der Waals surface area contributed by atoms with Gasteiger partial charge in [-0.3, -0.25) is 14.4 Å².